The van der Waals surface area contributed by atoms with Crippen LogP contribution in [0.5, 0.6) is 5.75 Å². The quantitative estimate of drug-likeness (QED) is 0.180. The van der Waals surface area contributed by atoms with Gasteiger partial charge in [0.1, 0.15) is 17.4 Å². The van der Waals surface area contributed by atoms with Gasteiger partial charge in [-0.15, -0.1) is 0 Å². The fraction of sp³-hybridized carbons (Fsp3) is 0.440. The lowest BCUT2D eigenvalue weighted by Crippen LogP contribution is -2.70. The predicted octanol–water partition coefficient (Wildman–Crippen LogP) is -0.303. The zero-order valence-electron chi connectivity index (χ0n) is 19.5. The molecular formula is C25H27NO10. The second-order valence-corrected chi connectivity index (χ2v) is 9.37. The molecule has 0 radical (unpaired) electrons. The molecule has 36 heavy (non-hydrogen) atoms. The summed E-state index contributed by atoms with van der Waals surface area (Å²) in [5.74, 6) is -10.8. The van der Waals surface area contributed by atoms with Crippen molar-refractivity contribution < 1.29 is 49.4 Å². The number of hydrogen-bond donors (Lipinski definition) is 6. The average molecular weight is 501 g/mol. The van der Waals surface area contributed by atoms with Crippen LogP contribution in [0.4, 0.5) is 0 Å². The predicted molar refractivity (Wildman–Crippen MR) is 123 cm³/mol. The lowest BCUT2D eigenvalue weighted by atomic mass is 9.53. The number of rotatable bonds is 4. The SMILES string of the molecule is CCOC(=O)/C=C/c1ccc2c(c1O)C(O)=C1C(=O)[C@]3(O)C(=O)C(C(N)=O)C(O)C[C@@H]3[C@@H](O)[C@@H]1[C@H]2C. The van der Waals surface area contributed by atoms with Gasteiger partial charge in [-0.2, -0.15) is 0 Å². The molecular weight excluding hydrogens is 474 g/mol. The van der Waals surface area contributed by atoms with Crippen LogP contribution in [-0.2, 0) is 23.9 Å². The van der Waals surface area contributed by atoms with Gasteiger partial charge in [0.05, 0.1) is 24.4 Å². The van der Waals surface area contributed by atoms with Crippen molar-refractivity contribution in [3.63, 3.8) is 0 Å². The molecule has 0 heterocycles. The highest BCUT2D eigenvalue weighted by Gasteiger charge is 2.67. The molecule has 7 N–H and O–H groups in total. The van der Waals surface area contributed by atoms with E-state index in [9.17, 15) is 44.7 Å². The van der Waals surface area contributed by atoms with Crippen molar-refractivity contribution in [2.24, 2.45) is 23.5 Å². The van der Waals surface area contributed by atoms with Crippen LogP contribution in [0.1, 0.15) is 42.9 Å². The molecule has 2 saturated carbocycles. The van der Waals surface area contributed by atoms with Gasteiger partial charge in [-0.05, 0) is 30.9 Å². The third kappa shape index (κ3) is 3.46. The first-order valence-electron chi connectivity index (χ1n) is 11.5. The molecule has 2 fully saturated rings. The summed E-state index contributed by atoms with van der Waals surface area (Å²) < 4.78 is 4.81. The third-order valence-electron chi connectivity index (χ3n) is 7.53. The maximum atomic E-state index is 13.6. The van der Waals surface area contributed by atoms with Gasteiger partial charge in [-0.3, -0.25) is 14.4 Å². The van der Waals surface area contributed by atoms with E-state index in [1.807, 2.05) is 0 Å². The van der Waals surface area contributed by atoms with E-state index in [1.165, 1.54) is 12.1 Å². The molecule has 4 rings (SSSR count). The van der Waals surface area contributed by atoms with Crippen LogP contribution in [0.2, 0.25) is 0 Å². The second-order valence-electron chi connectivity index (χ2n) is 9.37. The fourth-order valence-corrected chi connectivity index (χ4v) is 5.80. The van der Waals surface area contributed by atoms with Crippen molar-refractivity contribution in [1.29, 1.82) is 0 Å². The summed E-state index contributed by atoms with van der Waals surface area (Å²) in [6.07, 6.45) is -1.29. The van der Waals surface area contributed by atoms with Crippen molar-refractivity contribution in [2.45, 2.75) is 44.0 Å². The smallest absolute Gasteiger partial charge is 0.330 e. The minimum absolute atomic E-state index is 0.116. The number of hydrogen-bond acceptors (Lipinski definition) is 10. The number of carbonyl (C=O) groups excluding carboxylic acids is 4. The molecule has 3 aliphatic rings. The first kappa shape index (κ1) is 25.5. The summed E-state index contributed by atoms with van der Waals surface area (Å²) >= 11 is 0. The number of aromatic hydroxyl groups is 1. The highest BCUT2D eigenvalue weighted by molar-refractivity contribution is 6.25. The average Bonchev–Trinajstić information content (AvgIpc) is 2.81. The fourth-order valence-electron chi connectivity index (χ4n) is 5.80. The maximum Gasteiger partial charge on any atom is 0.330 e. The molecule has 3 aliphatic carbocycles. The van der Waals surface area contributed by atoms with Crippen LogP contribution in [-0.4, -0.2) is 73.4 Å². The van der Waals surface area contributed by atoms with Gasteiger partial charge in [0.25, 0.3) is 0 Å². The second kappa shape index (κ2) is 8.84. The number of ketones is 2. The standard InChI is InChI=1S/C25H27NO10/c1-3-36-14(28)7-5-10-4-6-11-9(2)15-18(21(31)16(11)19(10)29)23(33)25(35)12(20(15)30)8-13(27)17(22(25)32)24(26)34/h4-7,9,12-13,15,17,20,27,29-31,35H,3,8H2,1-2H3,(H2,26,34)/b7-5+/t9-,12+,13?,15+,17?,20+,25+/m0/s1. The molecule has 11 heteroatoms. The van der Waals surface area contributed by atoms with Gasteiger partial charge in [-0.1, -0.05) is 19.1 Å². The van der Waals surface area contributed by atoms with Crippen molar-refractivity contribution in [3.8, 4) is 5.75 Å². The van der Waals surface area contributed by atoms with Crippen LogP contribution in [0.3, 0.4) is 0 Å². The number of fused-ring (bicyclic) bond motifs is 3. The van der Waals surface area contributed by atoms with Crippen LogP contribution in [0.25, 0.3) is 11.8 Å². The minimum Gasteiger partial charge on any atom is -0.507 e. The number of aliphatic hydroxyl groups excluding tert-OH is 3. The summed E-state index contributed by atoms with van der Waals surface area (Å²) in [5.41, 5.74) is 2.17. The summed E-state index contributed by atoms with van der Waals surface area (Å²) in [7, 11) is 0. The Morgan fingerprint density at radius 3 is 2.50 bits per heavy atom. The number of phenolic OH excluding ortho intramolecular Hbond substituents is 1. The highest BCUT2D eigenvalue weighted by Crippen LogP contribution is 2.55. The van der Waals surface area contributed by atoms with Crippen molar-refractivity contribution in [2.75, 3.05) is 6.61 Å². The van der Waals surface area contributed by atoms with E-state index < -0.39 is 88.4 Å². The lowest BCUT2D eigenvalue weighted by molar-refractivity contribution is -0.186. The molecule has 1 amide bonds. The van der Waals surface area contributed by atoms with Crippen LogP contribution < -0.4 is 5.73 Å². The molecule has 1 aromatic rings. The maximum absolute atomic E-state index is 13.6. The summed E-state index contributed by atoms with van der Waals surface area (Å²) in [4.78, 5) is 50.1. The minimum atomic E-state index is -2.91. The third-order valence-corrected chi connectivity index (χ3v) is 7.53. The summed E-state index contributed by atoms with van der Waals surface area (Å²) in [6.45, 7) is 3.41. The molecule has 0 aromatic heterocycles. The van der Waals surface area contributed by atoms with Crippen LogP contribution >= 0.6 is 0 Å². The van der Waals surface area contributed by atoms with E-state index in [0.29, 0.717) is 5.56 Å². The highest BCUT2D eigenvalue weighted by atomic mass is 16.5. The number of aliphatic hydroxyl groups is 4. The molecule has 11 nitrogen and oxygen atoms in total. The topological polar surface area (TPSA) is 205 Å². The van der Waals surface area contributed by atoms with Crippen LogP contribution in [0, 0.1) is 17.8 Å². The van der Waals surface area contributed by atoms with Gasteiger partial charge >= 0.3 is 5.97 Å². The van der Waals surface area contributed by atoms with Gasteiger partial charge in [-0.25, -0.2) is 4.79 Å². The molecule has 1 aromatic carbocycles. The van der Waals surface area contributed by atoms with Gasteiger partial charge in [0.2, 0.25) is 11.7 Å². The van der Waals surface area contributed by atoms with Crippen molar-refractivity contribution in [3.05, 3.63) is 40.5 Å². The summed E-state index contributed by atoms with van der Waals surface area (Å²) in [5, 5.41) is 54.9. The number of amides is 1. The first-order chi connectivity index (χ1) is 16.9. The number of esters is 1. The van der Waals surface area contributed by atoms with E-state index in [4.69, 9.17) is 10.5 Å². The molecule has 0 aliphatic heterocycles. The number of primary amides is 1. The number of phenols is 1. The number of ether oxygens (including phenoxy) is 1. The Hall–Kier alpha value is -3.54. The van der Waals surface area contributed by atoms with E-state index in [-0.39, 0.29) is 17.7 Å². The Bertz CT molecular complexity index is 1230. The Morgan fingerprint density at radius 1 is 1.22 bits per heavy atom. The van der Waals surface area contributed by atoms with E-state index in [0.717, 1.165) is 6.08 Å². The number of benzene rings is 1. The summed E-state index contributed by atoms with van der Waals surface area (Å²) in [6, 6.07) is 3.04. The number of Topliss-reactive ketones (excluding diaryl/α,β-unsaturated/α-hetero) is 2. The van der Waals surface area contributed by atoms with Gasteiger partial charge in [0.15, 0.2) is 11.4 Å². The van der Waals surface area contributed by atoms with Crippen molar-refractivity contribution >= 4 is 35.3 Å². The van der Waals surface area contributed by atoms with Gasteiger partial charge < -0.3 is 36.0 Å². The molecule has 7 atom stereocenters. The normalized spacial score (nSPS) is 33.7. The van der Waals surface area contributed by atoms with Gasteiger partial charge in [0, 0.05) is 29.0 Å². The largest absolute Gasteiger partial charge is 0.507 e. The molecule has 0 saturated heterocycles. The Kier molecular flexibility index (Phi) is 6.27. The zero-order chi connectivity index (χ0) is 26.7. The van der Waals surface area contributed by atoms with E-state index >= 15 is 0 Å². The Labute approximate surface area is 205 Å². The van der Waals surface area contributed by atoms with Crippen molar-refractivity contribution in [1.82, 2.24) is 0 Å². The molecule has 0 spiro atoms. The molecule has 2 unspecified atom stereocenters. The molecule has 192 valence electrons. The van der Waals surface area contributed by atoms with E-state index in [1.54, 1.807) is 19.9 Å². The Balaban J connectivity index is 1.87. The zero-order valence-corrected chi connectivity index (χ0v) is 19.5. The lowest BCUT2D eigenvalue weighted by Gasteiger charge is -2.52. The Morgan fingerprint density at radius 2 is 1.89 bits per heavy atom. The first-order valence-corrected chi connectivity index (χ1v) is 11.5. The number of nitrogens with two attached hydrogens (primary N) is 1. The molecule has 0 bridgehead atoms. The van der Waals surface area contributed by atoms with Crippen LogP contribution in [0.15, 0.2) is 23.8 Å². The monoisotopic (exact) mass is 501 g/mol. The van der Waals surface area contributed by atoms with E-state index in [2.05, 4.69) is 0 Å². The number of carbonyl (C=O) groups is 4.